The Labute approximate surface area is 68.1 Å². The van der Waals surface area contributed by atoms with Crippen LogP contribution in [0.2, 0.25) is 19.6 Å². The maximum atomic E-state index is 10.3. The second kappa shape index (κ2) is 2.95. The van der Waals surface area contributed by atoms with Gasteiger partial charge in [0.1, 0.15) is 0 Å². The third-order valence-corrected chi connectivity index (χ3v) is 5.52. The van der Waals surface area contributed by atoms with E-state index in [2.05, 4.69) is 0 Å². The third kappa shape index (κ3) is 3.03. The summed E-state index contributed by atoms with van der Waals surface area (Å²) < 4.78 is 0. The molecule has 0 aromatic carbocycles. The lowest BCUT2D eigenvalue weighted by molar-refractivity contribution is -0.139. The number of aliphatic hydroxyl groups is 1. The molecule has 0 fully saturated rings. The van der Waals surface area contributed by atoms with Gasteiger partial charge in [-0.1, -0.05) is 19.6 Å². The largest absolute Gasteiger partial charge is 0.481 e. The Balaban J connectivity index is 4.34. The second-order valence-electron chi connectivity index (χ2n) is 4.09. The first-order valence-corrected chi connectivity index (χ1v) is 7.11. The molecule has 0 spiro atoms. The highest BCUT2D eigenvalue weighted by Gasteiger charge is 2.38. The number of rotatable bonds is 3. The number of carboxylic acid groups (broad SMARTS) is 1. The Morgan fingerprint density at radius 1 is 1.45 bits per heavy atom. The second-order valence-corrected chi connectivity index (χ2v) is 9.67. The molecule has 3 nitrogen and oxygen atoms in total. The number of carbonyl (C=O) groups is 1. The molecule has 0 rings (SSSR count). The highest BCUT2D eigenvalue weighted by molar-refractivity contribution is 6.79. The van der Waals surface area contributed by atoms with Gasteiger partial charge in [-0.05, 0) is 6.92 Å². The monoisotopic (exact) mass is 176 g/mol. The van der Waals surface area contributed by atoms with Crippen molar-refractivity contribution in [3.8, 4) is 0 Å². The fourth-order valence-electron chi connectivity index (χ4n) is 0.560. The summed E-state index contributed by atoms with van der Waals surface area (Å²) in [5.41, 5.74) is 0. The highest BCUT2D eigenvalue weighted by Crippen LogP contribution is 2.23. The molecule has 0 aromatic heterocycles. The summed E-state index contributed by atoms with van der Waals surface area (Å²) >= 11 is 0. The van der Waals surface area contributed by atoms with Crippen molar-refractivity contribution >= 4 is 14.0 Å². The summed E-state index contributed by atoms with van der Waals surface area (Å²) in [6.45, 7) is 7.47. The van der Waals surface area contributed by atoms with Crippen LogP contribution in [0.4, 0.5) is 0 Å². The summed E-state index contributed by atoms with van der Waals surface area (Å²) in [6, 6.07) is 0. The molecule has 2 N–H and O–H groups in total. The molecule has 0 bridgehead atoms. The quantitative estimate of drug-likeness (QED) is 0.633. The molecule has 4 heteroatoms. The van der Waals surface area contributed by atoms with Gasteiger partial charge in [-0.25, -0.2) is 0 Å². The molecule has 1 unspecified atom stereocenters. The Morgan fingerprint density at radius 3 is 1.91 bits per heavy atom. The van der Waals surface area contributed by atoms with Crippen LogP contribution in [-0.2, 0) is 4.79 Å². The molecule has 1 atom stereocenters. The van der Waals surface area contributed by atoms with Crippen molar-refractivity contribution in [1.82, 2.24) is 0 Å². The van der Waals surface area contributed by atoms with Crippen LogP contribution in [0.3, 0.4) is 0 Å². The van der Waals surface area contributed by atoms with Crippen LogP contribution in [0.25, 0.3) is 0 Å². The molecule has 0 aliphatic rings. The summed E-state index contributed by atoms with van der Waals surface area (Å²) in [6.07, 6.45) is -0.150. The summed E-state index contributed by atoms with van der Waals surface area (Å²) in [7, 11) is -1.77. The van der Waals surface area contributed by atoms with E-state index in [1.807, 2.05) is 19.6 Å². The van der Waals surface area contributed by atoms with Crippen molar-refractivity contribution in [3.63, 3.8) is 0 Å². The zero-order chi connectivity index (χ0) is 9.28. The first kappa shape index (κ1) is 10.6. The smallest absolute Gasteiger partial charge is 0.305 e. The molecule has 66 valence electrons. The molecule has 0 saturated carbocycles. The molecule has 0 saturated heterocycles. The van der Waals surface area contributed by atoms with Gasteiger partial charge in [0.15, 0.2) is 0 Å². The Bertz CT molecular complexity index is 158. The van der Waals surface area contributed by atoms with Gasteiger partial charge >= 0.3 is 5.97 Å². The van der Waals surface area contributed by atoms with E-state index in [1.54, 1.807) is 6.92 Å². The molecule has 11 heavy (non-hydrogen) atoms. The van der Waals surface area contributed by atoms with Crippen LogP contribution in [-0.4, -0.2) is 29.5 Å². The van der Waals surface area contributed by atoms with Crippen molar-refractivity contribution in [3.05, 3.63) is 0 Å². The SMILES string of the molecule is CC(O)(CC(=O)O)[Si](C)(C)C. The molecule has 0 aliphatic carbocycles. The lowest BCUT2D eigenvalue weighted by atomic mass is 10.3. The van der Waals surface area contributed by atoms with E-state index in [1.165, 1.54) is 0 Å². The van der Waals surface area contributed by atoms with Crippen LogP contribution in [0.5, 0.6) is 0 Å². The van der Waals surface area contributed by atoms with Gasteiger partial charge in [0.05, 0.1) is 19.7 Å². The first-order chi connectivity index (χ1) is 4.67. The molecule has 0 radical (unpaired) electrons. The van der Waals surface area contributed by atoms with E-state index in [-0.39, 0.29) is 6.42 Å². The van der Waals surface area contributed by atoms with Gasteiger partial charge in [0.25, 0.3) is 0 Å². The van der Waals surface area contributed by atoms with Crippen molar-refractivity contribution in [2.75, 3.05) is 0 Å². The van der Waals surface area contributed by atoms with Crippen LogP contribution in [0.15, 0.2) is 0 Å². The van der Waals surface area contributed by atoms with Gasteiger partial charge in [0.2, 0.25) is 0 Å². The third-order valence-electron chi connectivity index (χ3n) is 2.11. The number of carboxylic acids is 1. The van der Waals surface area contributed by atoms with Gasteiger partial charge in [-0.2, -0.15) is 0 Å². The minimum Gasteiger partial charge on any atom is -0.481 e. The molecule has 0 amide bonds. The average molecular weight is 176 g/mol. The highest BCUT2D eigenvalue weighted by atomic mass is 28.3. The molecular formula is C7H16O3Si. The van der Waals surface area contributed by atoms with Crippen molar-refractivity contribution in [2.45, 2.75) is 38.2 Å². The molecule has 0 aromatic rings. The number of hydrogen-bond donors (Lipinski definition) is 2. The van der Waals surface area contributed by atoms with Crippen molar-refractivity contribution < 1.29 is 15.0 Å². The van der Waals surface area contributed by atoms with Crippen molar-refractivity contribution in [2.24, 2.45) is 0 Å². The van der Waals surface area contributed by atoms with E-state index in [9.17, 15) is 9.90 Å². The van der Waals surface area contributed by atoms with Gasteiger partial charge in [-0.15, -0.1) is 0 Å². The van der Waals surface area contributed by atoms with Gasteiger partial charge in [-0.3, -0.25) is 4.79 Å². The summed E-state index contributed by atoms with van der Waals surface area (Å²) in [4.78, 5) is 10.3. The van der Waals surface area contributed by atoms with Crippen molar-refractivity contribution in [1.29, 1.82) is 0 Å². The van der Waals surface area contributed by atoms with E-state index in [0.29, 0.717) is 0 Å². The van der Waals surface area contributed by atoms with E-state index < -0.39 is 19.3 Å². The topological polar surface area (TPSA) is 57.5 Å². The number of aliphatic carboxylic acids is 1. The van der Waals surface area contributed by atoms with Crippen LogP contribution >= 0.6 is 0 Å². The predicted molar refractivity (Wildman–Crippen MR) is 46.2 cm³/mol. The Morgan fingerprint density at radius 2 is 1.82 bits per heavy atom. The van der Waals surface area contributed by atoms with E-state index >= 15 is 0 Å². The number of hydrogen-bond acceptors (Lipinski definition) is 2. The zero-order valence-electron chi connectivity index (χ0n) is 7.51. The normalized spacial score (nSPS) is 17.5. The summed E-state index contributed by atoms with van der Waals surface area (Å²) in [5.74, 6) is -0.933. The average Bonchev–Trinajstić information content (AvgIpc) is 1.56. The lowest BCUT2D eigenvalue weighted by Crippen LogP contribution is -2.51. The van der Waals surface area contributed by atoms with Crippen LogP contribution in [0.1, 0.15) is 13.3 Å². The fourth-order valence-corrected chi connectivity index (χ4v) is 1.24. The zero-order valence-corrected chi connectivity index (χ0v) is 8.51. The van der Waals surface area contributed by atoms with E-state index in [4.69, 9.17) is 5.11 Å². The molecular weight excluding hydrogens is 160 g/mol. The molecule has 0 aliphatic heterocycles. The lowest BCUT2D eigenvalue weighted by Gasteiger charge is -2.33. The van der Waals surface area contributed by atoms with Gasteiger partial charge in [0, 0.05) is 0 Å². The predicted octanol–water partition coefficient (Wildman–Crippen LogP) is 1.09. The first-order valence-electron chi connectivity index (χ1n) is 3.61. The summed E-state index contributed by atoms with van der Waals surface area (Å²) in [5, 5.41) is 17.2. The minimum atomic E-state index is -1.77. The van der Waals surface area contributed by atoms with Crippen LogP contribution in [0, 0.1) is 0 Å². The Hall–Kier alpha value is -0.353. The maximum absolute atomic E-state index is 10.3. The maximum Gasteiger partial charge on any atom is 0.305 e. The minimum absolute atomic E-state index is 0.150. The Kier molecular flexibility index (Phi) is 2.85. The standard InChI is InChI=1S/C7H16O3Si/c1-7(10,5-6(8)9)11(2,3)4/h10H,5H2,1-4H3,(H,8,9). The molecule has 0 heterocycles. The fraction of sp³-hybridized carbons (Fsp3) is 0.857. The van der Waals surface area contributed by atoms with Crippen LogP contribution < -0.4 is 0 Å². The van der Waals surface area contributed by atoms with Gasteiger partial charge < -0.3 is 10.2 Å². The van der Waals surface area contributed by atoms with E-state index in [0.717, 1.165) is 0 Å².